The Bertz CT molecular complexity index is 503. The number of fused-ring (bicyclic) bond motifs is 1. The number of ether oxygens (including phenoxy) is 2. The lowest BCUT2D eigenvalue weighted by Gasteiger charge is -2.32. The van der Waals surface area contributed by atoms with Crippen molar-refractivity contribution in [2.45, 2.75) is 12.8 Å². The summed E-state index contributed by atoms with van der Waals surface area (Å²) >= 11 is 0. The van der Waals surface area contributed by atoms with E-state index >= 15 is 0 Å². The first-order valence-corrected chi connectivity index (χ1v) is 7.08. The van der Waals surface area contributed by atoms with E-state index in [2.05, 4.69) is 0 Å². The van der Waals surface area contributed by atoms with E-state index in [1.807, 2.05) is 12.1 Å². The number of benzene rings is 1. The van der Waals surface area contributed by atoms with Crippen molar-refractivity contribution in [3.63, 3.8) is 0 Å². The molecule has 2 aliphatic heterocycles. The number of nitrogens with zero attached hydrogens (tertiary/aromatic N) is 1. The number of rotatable bonds is 2. The lowest BCUT2D eigenvalue weighted by molar-refractivity contribution is 0.0612. The van der Waals surface area contributed by atoms with Gasteiger partial charge in [-0.3, -0.25) is 4.79 Å². The summed E-state index contributed by atoms with van der Waals surface area (Å²) in [6.45, 7) is 2.47. The summed E-state index contributed by atoms with van der Waals surface area (Å²) in [4.78, 5) is 14.4. The van der Waals surface area contributed by atoms with E-state index in [1.54, 1.807) is 11.0 Å². The van der Waals surface area contributed by atoms with Gasteiger partial charge in [0.2, 0.25) is 0 Å². The number of piperidine rings is 1. The van der Waals surface area contributed by atoms with Gasteiger partial charge in [0.1, 0.15) is 13.2 Å². The van der Waals surface area contributed by atoms with Crippen molar-refractivity contribution < 1.29 is 19.4 Å². The molecule has 1 amide bonds. The molecule has 1 saturated heterocycles. The van der Waals surface area contributed by atoms with Gasteiger partial charge in [0.05, 0.1) is 5.56 Å². The van der Waals surface area contributed by atoms with Gasteiger partial charge >= 0.3 is 0 Å². The van der Waals surface area contributed by atoms with Gasteiger partial charge in [-0.05, 0) is 30.9 Å². The average Bonchev–Trinajstić information content (AvgIpc) is 2.53. The number of para-hydroxylation sites is 1. The van der Waals surface area contributed by atoms with Crippen LogP contribution < -0.4 is 9.47 Å². The second-order valence-corrected chi connectivity index (χ2v) is 5.27. The van der Waals surface area contributed by atoms with Crippen LogP contribution in [0.1, 0.15) is 23.2 Å². The zero-order valence-electron chi connectivity index (χ0n) is 11.4. The molecule has 0 saturated carbocycles. The van der Waals surface area contributed by atoms with Crippen LogP contribution in [0.3, 0.4) is 0 Å². The summed E-state index contributed by atoms with van der Waals surface area (Å²) < 4.78 is 11.1. The number of likely N-dealkylation sites (tertiary alicyclic amines) is 1. The molecule has 0 spiro atoms. The SMILES string of the molecule is O=C(c1cccc2c1OCCO2)N1CCCC(CO)C1. The van der Waals surface area contributed by atoms with Gasteiger partial charge in [0.25, 0.3) is 5.91 Å². The maximum absolute atomic E-state index is 12.6. The first-order chi connectivity index (χ1) is 9.79. The van der Waals surface area contributed by atoms with Crippen LogP contribution in [0.2, 0.25) is 0 Å². The highest BCUT2D eigenvalue weighted by Gasteiger charge is 2.28. The van der Waals surface area contributed by atoms with E-state index in [0.717, 1.165) is 19.4 Å². The summed E-state index contributed by atoms with van der Waals surface area (Å²) in [6, 6.07) is 5.41. The molecular weight excluding hydrogens is 258 g/mol. The van der Waals surface area contributed by atoms with Crippen LogP contribution in [-0.2, 0) is 0 Å². The molecule has 0 bridgehead atoms. The Morgan fingerprint density at radius 1 is 1.35 bits per heavy atom. The zero-order chi connectivity index (χ0) is 13.9. The minimum atomic E-state index is -0.0366. The fourth-order valence-corrected chi connectivity index (χ4v) is 2.81. The second kappa shape index (κ2) is 5.71. The van der Waals surface area contributed by atoms with E-state index < -0.39 is 0 Å². The molecule has 5 nitrogen and oxygen atoms in total. The Labute approximate surface area is 118 Å². The largest absolute Gasteiger partial charge is 0.486 e. The molecule has 1 aromatic rings. The quantitative estimate of drug-likeness (QED) is 0.885. The number of hydrogen-bond acceptors (Lipinski definition) is 4. The van der Waals surface area contributed by atoms with Crippen LogP contribution >= 0.6 is 0 Å². The molecule has 5 heteroatoms. The highest BCUT2D eigenvalue weighted by molar-refractivity contribution is 5.98. The van der Waals surface area contributed by atoms with Crippen molar-refractivity contribution in [1.82, 2.24) is 4.90 Å². The molecule has 1 N–H and O–H groups in total. The molecule has 1 unspecified atom stereocenters. The summed E-state index contributed by atoms with van der Waals surface area (Å²) in [7, 11) is 0. The van der Waals surface area contributed by atoms with Crippen LogP contribution in [0, 0.1) is 5.92 Å². The van der Waals surface area contributed by atoms with E-state index in [0.29, 0.717) is 36.8 Å². The normalized spacial score (nSPS) is 21.6. The van der Waals surface area contributed by atoms with Crippen LogP contribution in [0.5, 0.6) is 11.5 Å². The Morgan fingerprint density at radius 2 is 2.20 bits per heavy atom. The van der Waals surface area contributed by atoms with Gasteiger partial charge in [-0.15, -0.1) is 0 Å². The highest BCUT2D eigenvalue weighted by Crippen LogP contribution is 2.34. The maximum atomic E-state index is 12.6. The average molecular weight is 277 g/mol. The van der Waals surface area contributed by atoms with Crippen molar-refractivity contribution in [2.24, 2.45) is 5.92 Å². The van der Waals surface area contributed by atoms with Gasteiger partial charge in [0, 0.05) is 19.7 Å². The topological polar surface area (TPSA) is 59.0 Å². The van der Waals surface area contributed by atoms with Crippen LogP contribution in [0.4, 0.5) is 0 Å². The number of carbonyl (C=O) groups is 1. The van der Waals surface area contributed by atoms with E-state index in [-0.39, 0.29) is 18.4 Å². The van der Waals surface area contributed by atoms with Crippen LogP contribution in [0.15, 0.2) is 18.2 Å². The Hall–Kier alpha value is -1.75. The zero-order valence-corrected chi connectivity index (χ0v) is 11.4. The standard InChI is InChI=1S/C15H19NO4/c17-10-11-3-2-6-16(9-11)15(18)12-4-1-5-13-14(12)20-8-7-19-13/h1,4-5,11,17H,2-3,6-10H2. The number of aliphatic hydroxyl groups is 1. The smallest absolute Gasteiger partial charge is 0.257 e. The predicted octanol–water partition coefficient (Wildman–Crippen LogP) is 1.30. The molecule has 2 heterocycles. The van der Waals surface area contributed by atoms with Gasteiger partial charge < -0.3 is 19.5 Å². The van der Waals surface area contributed by atoms with Crippen LogP contribution in [0.25, 0.3) is 0 Å². The highest BCUT2D eigenvalue weighted by atomic mass is 16.6. The summed E-state index contributed by atoms with van der Waals surface area (Å²) in [5.41, 5.74) is 0.556. The number of aliphatic hydroxyl groups excluding tert-OH is 1. The van der Waals surface area contributed by atoms with Gasteiger partial charge in [-0.1, -0.05) is 6.07 Å². The molecule has 1 aromatic carbocycles. The van der Waals surface area contributed by atoms with Crippen molar-refractivity contribution in [1.29, 1.82) is 0 Å². The summed E-state index contributed by atoms with van der Waals surface area (Å²) in [5.74, 6) is 1.34. The van der Waals surface area contributed by atoms with E-state index in [4.69, 9.17) is 9.47 Å². The molecule has 108 valence electrons. The van der Waals surface area contributed by atoms with Crippen molar-refractivity contribution in [3.05, 3.63) is 23.8 Å². The van der Waals surface area contributed by atoms with Crippen LogP contribution in [-0.4, -0.2) is 48.8 Å². The fourth-order valence-electron chi connectivity index (χ4n) is 2.81. The molecule has 2 aliphatic rings. The minimum absolute atomic E-state index is 0.0366. The first-order valence-electron chi connectivity index (χ1n) is 7.08. The van der Waals surface area contributed by atoms with Gasteiger partial charge in [0.15, 0.2) is 11.5 Å². The molecule has 0 aliphatic carbocycles. The minimum Gasteiger partial charge on any atom is -0.486 e. The number of amides is 1. The van der Waals surface area contributed by atoms with Crippen molar-refractivity contribution in [3.8, 4) is 11.5 Å². The van der Waals surface area contributed by atoms with E-state index in [1.165, 1.54) is 0 Å². The fraction of sp³-hybridized carbons (Fsp3) is 0.533. The Balaban J connectivity index is 1.83. The van der Waals surface area contributed by atoms with Gasteiger partial charge in [-0.2, -0.15) is 0 Å². The molecular formula is C15H19NO4. The monoisotopic (exact) mass is 277 g/mol. The summed E-state index contributed by atoms with van der Waals surface area (Å²) in [6.07, 6.45) is 1.91. The second-order valence-electron chi connectivity index (χ2n) is 5.27. The van der Waals surface area contributed by atoms with E-state index in [9.17, 15) is 9.90 Å². The Morgan fingerprint density at radius 3 is 3.05 bits per heavy atom. The third kappa shape index (κ3) is 2.45. The van der Waals surface area contributed by atoms with Crippen molar-refractivity contribution >= 4 is 5.91 Å². The third-order valence-electron chi connectivity index (χ3n) is 3.86. The third-order valence-corrected chi connectivity index (χ3v) is 3.86. The molecule has 0 radical (unpaired) electrons. The maximum Gasteiger partial charge on any atom is 0.257 e. The molecule has 20 heavy (non-hydrogen) atoms. The first kappa shape index (κ1) is 13.2. The predicted molar refractivity (Wildman–Crippen MR) is 73.1 cm³/mol. The molecule has 1 fully saturated rings. The molecule has 0 aromatic heterocycles. The molecule has 3 rings (SSSR count). The number of hydrogen-bond donors (Lipinski definition) is 1. The Kier molecular flexibility index (Phi) is 3.78. The lowest BCUT2D eigenvalue weighted by Crippen LogP contribution is -2.41. The number of carbonyl (C=O) groups excluding carboxylic acids is 1. The molecule has 1 atom stereocenters. The lowest BCUT2D eigenvalue weighted by atomic mass is 9.98. The van der Waals surface area contributed by atoms with Crippen molar-refractivity contribution in [2.75, 3.05) is 32.9 Å². The van der Waals surface area contributed by atoms with Gasteiger partial charge in [-0.25, -0.2) is 0 Å². The summed E-state index contributed by atoms with van der Waals surface area (Å²) in [5, 5.41) is 9.27.